The highest BCUT2D eigenvalue weighted by molar-refractivity contribution is 5.96. The average Bonchev–Trinajstić information content (AvgIpc) is 2.45. The first-order valence-electron chi connectivity index (χ1n) is 6.98. The Hall–Kier alpha value is -1.98. The quantitative estimate of drug-likeness (QED) is 0.898. The maximum absolute atomic E-state index is 13.5. The molecule has 1 amide bonds. The summed E-state index contributed by atoms with van der Waals surface area (Å²) in [6.07, 6.45) is 4.36. The number of nitrogens with one attached hydrogen (secondary N) is 1. The van der Waals surface area contributed by atoms with Crippen LogP contribution in [0.4, 0.5) is 8.78 Å². The largest absolute Gasteiger partial charge is 0.480 e. The van der Waals surface area contributed by atoms with Crippen LogP contribution in [0.2, 0.25) is 0 Å². The van der Waals surface area contributed by atoms with Gasteiger partial charge in [-0.2, -0.15) is 0 Å². The molecule has 0 spiro atoms. The second kappa shape index (κ2) is 6.65. The van der Waals surface area contributed by atoms with Gasteiger partial charge in [0.15, 0.2) is 0 Å². The van der Waals surface area contributed by atoms with Crippen LogP contribution in [0.15, 0.2) is 18.2 Å². The van der Waals surface area contributed by atoms with Crippen LogP contribution < -0.4 is 5.32 Å². The van der Waals surface area contributed by atoms with Gasteiger partial charge in [-0.05, 0) is 30.9 Å². The molecule has 0 heterocycles. The lowest BCUT2D eigenvalue weighted by atomic mass is 9.84. The maximum Gasteiger partial charge on any atom is 0.326 e. The first-order chi connectivity index (χ1) is 9.99. The number of benzene rings is 1. The van der Waals surface area contributed by atoms with Gasteiger partial charge in [0.05, 0.1) is 5.56 Å². The molecule has 0 bridgehead atoms. The fraction of sp³-hybridized carbons (Fsp3) is 0.467. The predicted octanol–water partition coefficient (Wildman–Crippen LogP) is 2.73. The summed E-state index contributed by atoms with van der Waals surface area (Å²) >= 11 is 0. The van der Waals surface area contributed by atoms with Crippen molar-refractivity contribution in [3.8, 4) is 0 Å². The highest BCUT2D eigenvalue weighted by Crippen LogP contribution is 2.27. The van der Waals surface area contributed by atoms with Crippen LogP contribution in [-0.4, -0.2) is 23.0 Å². The van der Waals surface area contributed by atoms with Gasteiger partial charge in [0.2, 0.25) is 0 Å². The zero-order valence-electron chi connectivity index (χ0n) is 11.4. The zero-order valence-corrected chi connectivity index (χ0v) is 11.4. The van der Waals surface area contributed by atoms with Gasteiger partial charge >= 0.3 is 5.97 Å². The van der Waals surface area contributed by atoms with E-state index in [1.54, 1.807) is 0 Å². The molecule has 4 nitrogen and oxygen atoms in total. The molecule has 1 atom stereocenters. The molecular formula is C15H17F2NO3. The van der Waals surface area contributed by atoms with E-state index in [-0.39, 0.29) is 11.5 Å². The Bertz CT molecular complexity index is 542. The fourth-order valence-electron chi connectivity index (χ4n) is 2.74. The number of halogens is 2. The summed E-state index contributed by atoms with van der Waals surface area (Å²) in [7, 11) is 0. The Labute approximate surface area is 121 Å². The molecule has 1 fully saturated rings. The number of hydrogen-bond acceptors (Lipinski definition) is 2. The van der Waals surface area contributed by atoms with Gasteiger partial charge in [0, 0.05) is 6.07 Å². The Morgan fingerprint density at radius 2 is 1.86 bits per heavy atom. The number of amides is 1. The van der Waals surface area contributed by atoms with Crippen LogP contribution in [0.3, 0.4) is 0 Å². The normalized spacial score (nSPS) is 17.2. The van der Waals surface area contributed by atoms with Gasteiger partial charge in [-0.15, -0.1) is 0 Å². The summed E-state index contributed by atoms with van der Waals surface area (Å²) in [6.45, 7) is 0. The first kappa shape index (κ1) is 15.4. The van der Waals surface area contributed by atoms with Crippen LogP contribution in [0, 0.1) is 17.6 Å². The molecule has 0 radical (unpaired) electrons. The van der Waals surface area contributed by atoms with E-state index in [9.17, 15) is 23.5 Å². The number of carbonyl (C=O) groups excluding carboxylic acids is 1. The molecule has 0 aromatic heterocycles. The van der Waals surface area contributed by atoms with E-state index < -0.39 is 29.6 Å². The monoisotopic (exact) mass is 297 g/mol. The number of carboxylic acids is 1. The molecular weight excluding hydrogens is 280 g/mol. The molecule has 6 heteroatoms. The molecule has 1 aliphatic rings. The van der Waals surface area contributed by atoms with Crippen molar-refractivity contribution < 1.29 is 23.5 Å². The minimum absolute atomic E-state index is 0.149. The van der Waals surface area contributed by atoms with E-state index >= 15 is 0 Å². The Morgan fingerprint density at radius 1 is 1.19 bits per heavy atom. The Balaban J connectivity index is 2.12. The molecule has 1 aliphatic carbocycles. The lowest BCUT2D eigenvalue weighted by Crippen LogP contribution is -2.46. The number of rotatable bonds is 4. The smallest absolute Gasteiger partial charge is 0.326 e. The van der Waals surface area contributed by atoms with Crippen molar-refractivity contribution in [1.82, 2.24) is 5.32 Å². The van der Waals surface area contributed by atoms with E-state index in [0.29, 0.717) is 6.07 Å². The Kier molecular flexibility index (Phi) is 4.88. The van der Waals surface area contributed by atoms with Gasteiger partial charge < -0.3 is 10.4 Å². The van der Waals surface area contributed by atoms with Crippen molar-refractivity contribution in [3.05, 3.63) is 35.4 Å². The van der Waals surface area contributed by atoms with E-state index in [1.807, 2.05) is 0 Å². The summed E-state index contributed by atoms with van der Waals surface area (Å²) in [5.41, 5.74) is -0.349. The summed E-state index contributed by atoms with van der Waals surface area (Å²) in [4.78, 5) is 23.3. The summed E-state index contributed by atoms with van der Waals surface area (Å²) < 4.78 is 26.4. The van der Waals surface area contributed by atoms with Crippen LogP contribution in [-0.2, 0) is 4.79 Å². The summed E-state index contributed by atoms with van der Waals surface area (Å²) in [6, 6.07) is 1.54. The van der Waals surface area contributed by atoms with Crippen LogP contribution in [0.5, 0.6) is 0 Å². The Morgan fingerprint density at radius 3 is 2.43 bits per heavy atom. The summed E-state index contributed by atoms with van der Waals surface area (Å²) in [5.74, 6) is -3.89. The van der Waals surface area contributed by atoms with Gasteiger partial charge in [-0.3, -0.25) is 4.79 Å². The third-order valence-corrected chi connectivity index (χ3v) is 3.85. The van der Waals surface area contributed by atoms with Gasteiger partial charge in [-0.1, -0.05) is 19.3 Å². The second-order valence-electron chi connectivity index (χ2n) is 5.31. The number of aliphatic carboxylic acids is 1. The minimum atomic E-state index is -1.13. The van der Waals surface area contributed by atoms with E-state index in [4.69, 9.17) is 0 Å². The van der Waals surface area contributed by atoms with Crippen molar-refractivity contribution >= 4 is 11.9 Å². The molecule has 1 aromatic rings. The van der Waals surface area contributed by atoms with Crippen LogP contribution in [0.1, 0.15) is 42.5 Å². The standard InChI is InChI=1S/C15H17F2NO3/c16-10-6-7-11(12(17)8-10)14(19)18-13(15(20)21)9-4-2-1-3-5-9/h6-9,13H,1-5H2,(H,18,19)(H,20,21). The van der Waals surface area contributed by atoms with Crippen LogP contribution >= 0.6 is 0 Å². The fourth-order valence-corrected chi connectivity index (χ4v) is 2.74. The van der Waals surface area contributed by atoms with Crippen LogP contribution in [0.25, 0.3) is 0 Å². The minimum Gasteiger partial charge on any atom is -0.480 e. The lowest BCUT2D eigenvalue weighted by molar-refractivity contribution is -0.141. The third kappa shape index (κ3) is 3.77. The number of carboxylic acid groups (broad SMARTS) is 1. The zero-order chi connectivity index (χ0) is 15.4. The van der Waals surface area contributed by atoms with Crippen molar-refractivity contribution in [2.75, 3.05) is 0 Å². The predicted molar refractivity (Wildman–Crippen MR) is 71.8 cm³/mol. The molecule has 1 aromatic carbocycles. The van der Waals surface area contributed by atoms with E-state index in [0.717, 1.165) is 44.2 Å². The number of hydrogen-bond donors (Lipinski definition) is 2. The third-order valence-electron chi connectivity index (χ3n) is 3.85. The van der Waals surface area contributed by atoms with Crippen molar-refractivity contribution in [3.63, 3.8) is 0 Å². The molecule has 2 rings (SSSR count). The van der Waals surface area contributed by atoms with Crippen molar-refractivity contribution in [2.24, 2.45) is 5.92 Å². The second-order valence-corrected chi connectivity index (χ2v) is 5.31. The number of carbonyl (C=O) groups is 2. The molecule has 0 aliphatic heterocycles. The molecule has 1 saturated carbocycles. The first-order valence-corrected chi connectivity index (χ1v) is 6.98. The lowest BCUT2D eigenvalue weighted by Gasteiger charge is -2.28. The van der Waals surface area contributed by atoms with Gasteiger partial charge in [-0.25, -0.2) is 13.6 Å². The molecule has 2 N–H and O–H groups in total. The van der Waals surface area contributed by atoms with Crippen molar-refractivity contribution in [2.45, 2.75) is 38.1 Å². The molecule has 21 heavy (non-hydrogen) atoms. The van der Waals surface area contributed by atoms with E-state index in [2.05, 4.69) is 5.32 Å². The molecule has 114 valence electrons. The highest BCUT2D eigenvalue weighted by atomic mass is 19.1. The van der Waals surface area contributed by atoms with Crippen molar-refractivity contribution in [1.29, 1.82) is 0 Å². The van der Waals surface area contributed by atoms with Gasteiger partial charge in [0.1, 0.15) is 17.7 Å². The average molecular weight is 297 g/mol. The maximum atomic E-state index is 13.5. The molecule has 0 saturated heterocycles. The molecule has 1 unspecified atom stereocenters. The summed E-state index contributed by atoms with van der Waals surface area (Å²) in [5, 5.41) is 11.6. The SMILES string of the molecule is O=C(NC(C(=O)O)C1CCCCC1)c1ccc(F)cc1F. The topological polar surface area (TPSA) is 66.4 Å². The highest BCUT2D eigenvalue weighted by Gasteiger charge is 2.31. The van der Waals surface area contributed by atoms with E-state index in [1.165, 1.54) is 0 Å². The van der Waals surface area contributed by atoms with Gasteiger partial charge in [0.25, 0.3) is 5.91 Å².